The molecule has 0 radical (unpaired) electrons. The number of rotatable bonds is 6. The monoisotopic (exact) mass is 295 g/mol. The van der Waals surface area contributed by atoms with Crippen LogP contribution >= 0.6 is 11.3 Å². The van der Waals surface area contributed by atoms with Crippen molar-refractivity contribution in [2.24, 2.45) is 5.92 Å². The molecule has 1 saturated heterocycles. The van der Waals surface area contributed by atoms with Gasteiger partial charge in [-0.05, 0) is 31.7 Å². The topological polar surface area (TPSA) is 28.2 Å². The highest BCUT2D eigenvalue weighted by Gasteiger charge is 2.22. The van der Waals surface area contributed by atoms with Gasteiger partial charge in [0.1, 0.15) is 0 Å². The van der Waals surface area contributed by atoms with Gasteiger partial charge in [-0.2, -0.15) is 0 Å². The zero-order valence-electron chi connectivity index (χ0n) is 13.4. The molecule has 0 saturated carbocycles. The van der Waals surface area contributed by atoms with Crippen LogP contribution in [-0.4, -0.2) is 25.1 Å². The van der Waals surface area contributed by atoms with Gasteiger partial charge in [-0.25, -0.2) is 4.98 Å². The normalized spacial score (nSPS) is 17.1. The maximum absolute atomic E-state index is 4.93. The highest BCUT2D eigenvalue weighted by atomic mass is 32.1. The van der Waals surface area contributed by atoms with Crippen molar-refractivity contribution in [2.45, 2.75) is 58.9 Å². The first kappa shape index (κ1) is 15.8. The van der Waals surface area contributed by atoms with E-state index >= 15 is 0 Å². The second-order valence-electron chi connectivity index (χ2n) is 6.21. The maximum Gasteiger partial charge on any atom is 0.185 e. The second-order valence-corrected chi connectivity index (χ2v) is 7.27. The van der Waals surface area contributed by atoms with Crippen LogP contribution in [0.4, 0.5) is 5.13 Å². The van der Waals surface area contributed by atoms with Crippen LogP contribution in [0.25, 0.3) is 0 Å². The Kier molecular flexibility index (Phi) is 5.85. The minimum absolute atomic E-state index is 0.515. The van der Waals surface area contributed by atoms with Gasteiger partial charge in [0.2, 0.25) is 0 Å². The third-order valence-electron chi connectivity index (χ3n) is 4.18. The third kappa shape index (κ3) is 3.73. The van der Waals surface area contributed by atoms with Crippen molar-refractivity contribution in [2.75, 3.05) is 25.0 Å². The summed E-state index contributed by atoms with van der Waals surface area (Å²) >= 11 is 1.89. The summed E-state index contributed by atoms with van der Waals surface area (Å²) in [5, 5.41) is 4.52. The van der Waals surface area contributed by atoms with E-state index in [9.17, 15) is 0 Å². The van der Waals surface area contributed by atoms with Crippen molar-refractivity contribution in [3.05, 3.63) is 10.6 Å². The Hall–Kier alpha value is -0.610. The third-order valence-corrected chi connectivity index (χ3v) is 5.31. The van der Waals surface area contributed by atoms with E-state index in [2.05, 4.69) is 31.0 Å². The first-order valence-corrected chi connectivity index (χ1v) is 8.86. The molecule has 4 heteroatoms. The molecule has 114 valence electrons. The number of nitrogens with one attached hydrogen (secondary N) is 1. The van der Waals surface area contributed by atoms with Gasteiger partial charge in [0.05, 0.1) is 5.69 Å². The highest BCUT2D eigenvalue weighted by molar-refractivity contribution is 7.15. The number of hydrogen-bond donors (Lipinski definition) is 1. The van der Waals surface area contributed by atoms with Crippen molar-refractivity contribution in [1.82, 2.24) is 10.3 Å². The van der Waals surface area contributed by atoms with Crippen LogP contribution in [0.5, 0.6) is 0 Å². The van der Waals surface area contributed by atoms with Crippen LogP contribution in [0.2, 0.25) is 0 Å². The van der Waals surface area contributed by atoms with Crippen molar-refractivity contribution in [3.63, 3.8) is 0 Å². The summed E-state index contributed by atoms with van der Waals surface area (Å²) in [4.78, 5) is 8.84. The fourth-order valence-electron chi connectivity index (χ4n) is 3.05. The molecule has 1 aliphatic rings. The van der Waals surface area contributed by atoms with Gasteiger partial charge in [0.15, 0.2) is 5.13 Å². The summed E-state index contributed by atoms with van der Waals surface area (Å²) < 4.78 is 0. The van der Waals surface area contributed by atoms with Crippen molar-refractivity contribution < 1.29 is 0 Å². The summed E-state index contributed by atoms with van der Waals surface area (Å²) in [6.45, 7) is 10.1. The molecule has 2 heterocycles. The standard InChI is InChI=1S/C16H29N3S/c1-5-6-13-7-9-19(10-8-13)16-18-15(12(2)3)14(20-16)11-17-4/h12-13,17H,5-11H2,1-4H3. The highest BCUT2D eigenvalue weighted by Crippen LogP contribution is 2.33. The van der Waals surface area contributed by atoms with Crippen LogP contribution in [-0.2, 0) is 6.54 Å². The molecule has 1 aliphatic heterocycles. The Morgan fingerprint density at radius 2 is 2.05 bits per heavy atom. The summed E-state index contributed by atoms with van der Waals surface area (Å²) in [5.74, 6) is 1.46. The number of anilines is 1. The molecule has 1 fully saturated rings. The fourth-order valence-corrected chi connectivity index (χ4v) is 4.32. The van der Waals surface area contributed by atoms with E-state index in [1.807, 2.05) is 18.4 Å². The predicted octanol–water partition coefficient (Wildman–Crippen LogP) is 4.00. The minimum atomic E-state index is 0.515. The van der Waals surface area contributed by atoms with Gasteiger partial charge in [-0.3, -0.25) is 0 Å². The van der Waals surface area contributed by atoms with Gasteiger partial charge in [-0.1, -0.05) is 33.6 Å². The lowest BCUT2D eigenvalue weighted by Crippen LogP contribution is -2.33. The van der Waals surface area contributed by atoms with E-state index < -0.39 is 0 Å². The molecule has 0 amide bonds. The predicted molar refractivity (Wildman–Crippen MR) is 88.8 cm³/mol. The molecular formula is C16H29N3S. The molecular weight excluding hydrogens is 266 g/mol. The Morgan fingerprint density at radius 1 is 1.35 bits per heavy atom. The summed E-state index contributed by atoms with van der Waals surface area (Å²) in [6, 6.07) is 0. The average molecular weight is 295 g/mol. The minimum Gasteiger partial charge on any atom is -0.348 e. The van der Waals surface area contributed by atoms with Gasteiger partial charge >= 0.3 is 0 Å². The quantitative estimate of drug-likeness (QED) is 0.859. The van der Waals surface area contributed by atoms with E-state index in [4.69, 9.17) is 4.98 Å². The van der Waals surface area contributed by atoms with Crippen LogP contribution in [0.15, 0.2) is 0 Å². The van der Waals surface area contributed by atoms with E-state index in [1.54, 1.807) is 0 Å². The van der Waals surface area contributed by atoms with Gasteiger partial charge < -0.3 is 10.2 Å². The van der Waals surface area contributed by atoms with Crippen molar-refractivity contribution in [1.29, 1.82) is 0 Å². The second kappa shape index (κ2) is 7.41. The van der Waals surface area contributed by atoms with Crippen LogP contribution in [0.1, 0.15) is 62.9 Å². The Morgan fingerprint density at radius 3 is 2.60 bits per heavy atom. The number of thiazole rings is 1. The lowest BCUT2D eigenvalue weighted by atomic mass is 9.93. The number of hydrogen-bond acceptors (Lipinski definition) is 4. The number of piperidine rings is 1. The molecule has 1 aromatic rings. The van der Waals surface area contributed by atoms with E-state index in [1.165, 1.54) is 54.5 Å². The van der Waals surface area contributed by atoms with Crippen LogP contribution < -0.4 is 10.2 Å². The van der Waals surface area contributed by atoms with E-state index in [0.29, 0.717) is 5.92 Å². The Bertz CT molecular complexity index is 406. The maximum atomic E-state index is 4.93. The summed E-state index contributed by atoms with van der Waals surface area (Å²) in [7, 11) is 2.01. The van der Waals surface area contributed by atoms with Crippen LogP contribution in [0.3, 0.4) is 0 Å². The molecule has 3 nitrogen and oxygen atoms in total. The smallest absolute Gasteiger partial charge is 0.185 e. The largest absolute Gasteiger partial charge is 0.348 e. The molecule has 0 spiro atoms. The molecule has 0 bridgehead atoms. The van der Waals surface area contributed by atoms with Gasteiger partial charge in [-0.15, -0.1) is 11.3 Å². The first-order valence-electron chi connectivity index (χ1n) is 8.04. The van der Waals surface area contributed by atoms with Gasteiger partial charge in [0.25, 0.3) is 0 Å². The molecule has 1 aromatic heterocycles. The number of nitrogens with zero attached hydrogens (tertiary/aromatic N) is 2. The first-order chi connectivity index (χ1) is 9.65. The average Bonchev–Trinajstić information content (AvgIpc) is 2.85. The van der Waals surface area contributed by atoms with E-state index in [-0.39, 0.29) is 0 Å². The molecule has 0 aliphatic carbocycles. The molecule has 0 aromatic carbocycles. The fraction of sp³-hybridized carbons (Fsp3) is 0.812. The zero-order chi connectivity index (χ0) is 14.5. The number of aromatic nitrogens is 1. The Balaban J connectivity index is 2.04. The van der Waals surface area contributed by atoms with E-state index in [0.717, 1.165) is 12.5 Å². The molecule has 0 unspecified atom stereocenters. The van der Waals surface area contributed by atoms with Crippen molar-refractivity contribution in [3.8, 4) is 0 Å². The molecule has 2 rings (SSSR count). The lowest BCUT2D eigenvalue weighted by Gasteiger charge is -2.31. The van der Waals surface area contributed by atoms with Gasteiger partial charge in [0, 0.05) is 24.5 Å². The summed E-state index contributed by atoms with van der Waals surface area (Å²) in [5.41, 5.74) is 1.29. The SMILES string of the molecule is CCCC1CCN(c2nc(C(C)C)c(CNC)s2)CC1. The zero-order valence-corrected chi connectivity index (χ0v) is 14.2. The molecule has 1 N–H and O–H groups in total. The summed E-state index contributed by atoms with van der Waals surface area (Å²) in [6.07, 6.45) is 5.40. The lowest BCUT2D eigenvalue weighted by molar-refractivity contribution is 0.378. The molecule has 20 heavy (non-hydrogen) atoms. The van der Waals surface area contributed by atoms with Crippen LogP contribution in [0, 0.1) is 5.92 Å². The Labute approximate surface area is 127 Å². The molecule has 0 atom stereocenters. The van der Waals surface area contributed by atoms with Crippen molar-refractivity contribution >= 4 is 16.5 Å².